The van der Waals surface area contributed by atoms with Crippen molar-refractivity contribution in [2.75, 3.05) is 5.73 Å². The summed E-state index contributed by atoms with van der Waals surface area (Å²) >= 11 is 0. The van der Waals surface area contributed by atoms with Crippen LogP contribution in [0.15, 0.2) is 12.1 Å². The summed E-state index contributed by atoms with van der Waals surface area (Å²) in [6.07, 6.45) is 4.48. The Balaban J connectivity index is 1.75. The van der Waals surface area contributed by atoms with Crippen LogP contribution in [0.3, 0.4) is 0 Å². The molecule has 2 aliphatic carbocycles. The van der Waals surface area contributed by atoms with E-state index in [9.17, 15) is 13.6 Å². The summed E-state index contributed by atoms with van der Waals surface area (Å²) in [6.45, 7) is 0. The smallest absolute Gasteiger partial charge is 0.254 e. The number of amides is 1. The summed E-state index contributed by atoms with van der Waals surface area (Å²) in [5, 5.41) is 2.86. The Morgan fingerprint density at radius 1 is 1.21 bits per heavy atom. The first-order valence-corrected chi connectivity index (χ1v) is 6.60. The van der Waals surface area contributed by atoms with Crippen LogP contribution in [0.5, 0.6) is 0 Å². The van der Waals surface area contributed by atoms with E-state index >= 15 is 0 Å². The second-order valence-electron chi connectivity index (χ2n) is 5.61. The maximum Gasteiger partial charge on any atom is 0.254 e. The number of hydrogen-bond acceptors (Lipinski definition) is 2. The minimum absolute atomic E-state index is 0.122. The fourth-order valence-electron chi connectivity index (χ4n) is 3.41. The lowest BCUT2D eigenvalue weighted by molar-refractivity contribution is 0.0919. The van der Waals surface area contributed by atoms with Crippen LogP contribution in [0.2, 0.25) is 0 Å². The number of hydrogen-bond donors (Lipinski definition) is 2. The molecule has 2 fully saturated rings. The van der Waals surface area contributed by atoms with Crippen LogP contribution in [-0.4, -0.2) is 11.9 Å². The largest absolute Gasteiger partial charge is 0.396 e. The molecule has 0 saturated heterocycles. The number of benzene rings is 1. The summed E-state index contributed by atoms with van der Waals surface area (Å²) in [5.41, 5.74) is 4.99. The van der Waals surface area contributed by atoms with E-state index in [1.807, 2.05) is 0 Å². The molecule has 3 unspecified atom stereocenters. The fraction of sp³-hybridized carbons (Fsp3) is 0.500. The van der Waals surface area contributed by atoms with E-state index in [0.717, 1.165) is 25.3 Å². The minimum atomic E-state index is -0.868. The fourth-order valence-corrected chi connectivity index (χ4v) is 3.41. The summed E-state index contributed by atoms with van der Waals surface area (Å²) in [7, 11) is 0. The molecule has 102 valence electrons. The molecule has 3 nitrogen and oxygen atoms in total. The predicted molar refractivity (Wildman–Crippen MR) is 67.5 cm³/mol. The van der Waals surface area contributed by atoms with Crippen molar-refractivity contribution in [2.45, 2.75) is 31.7 Å². The van der Waals surface area contributed by atoms with Gasteiger partial charge >= 0.3 is 0 Å². The summed E-state index contributed by atoms with van der Waals surface area (Å²) in [6, 6.07) is 1.84. The second kappa shape index (κ2) is 4.47. The van der Waals surface area contributed by atoms with Crippen molar-refractivity contribution in [3.8, 4) is 0 Å². The number of carbonyl (C=O) groups excluding carboxylic acids is 1. The number of fused-ring (bicyclic) bond motifs is 2. The maximum absolute atomic E-state index is 13.6. The Labute approximate surface area is 110 Å². The third kappa shape index (κ3) is 2.17. The monoisotopic (exact) mass is 266 g/mol. The van der Waals surface area contributed by atoms with Gasteiger partial charge in [0, 0.05) is 12.1 Å². The SMILES string of the molecule is Nc1cc(C(=O)NC2CC3CCC2C3)c(F)cc1F. The van der Waals surface area contributed by atoms with E-state index in [1.54, 1.807) is 0 Å². The van der Waals surface area contributed by atoms with Gasteiger partial charge in [-0.15, -0.1) is 0 Å². The molecular formula is C14H16F2N2O. The van der Waals surface area contributed by atoms with Crippen molar-refractivity contribution in [3.63, 3.8) is 0 Å². The molecule has 0 aromatic heterocycles. The molecule has 3 atom stereocenters. The van der Waals surface area contributed by atoms with Crippen LogP contribution in [0.25, 0.3) is 0 Å². The Morgan fingerprint density at radius 3 is 2.63 bits per heavy atom. The Morgan fingerprint density at radius 2 is 2.00 bits per heavy atom. The highest BCUT2D eigenvalue weighted by atomic mass is 19.1. The normalized spacial score (nSPS) is 28.6. The molecule has 19 heavy (non-hydrogen) atoms. The zero-order chi connectivity index (χ0) is 13.6. The molecule has 1 aromatic carbocycles. The number of halogens is 2. The summed E-state index contributed by atoms with van der Waals surface area (Å²) in [4.78, 5) is 12.0. The van der Waals surface area contributed by atoms with Crippen LogP contribution < -0.4 is 11.1 Å². The van der Waals surface area contributed by atoms with Gasteiger partial charge in [-0.25, -0.2) is 8.78 Å². The lowest BCUT2D eigenvalue weighted by Crippen LogP contribution is -2.38. The molecule has 2 saturated carbocycles. The lowest BCUT2D eigenvalue weighted by Gasteiger charge is -2.23. The molecule has 0 radical (unpaired) electrons. The van der Waals surface area contributed by atoms with E-state index in [2.05, 4.69) is 5.32 Å². The molecular weight excluding hydrogens is 250 g/mol. The van der Waals surface area contributed by atoms with Crippen LogP contribution in [0.4, 0.5) is 14.5 Å². The minimum Gasteiger partial charge on any atom is -0.396 e. The number of rotatable bonds is 2. The lowest BCUT2D eigenvalue weighted by atomic mass is 9.95. The average molecular weight is 266 g/mol. The summed E-state index contributed by atoms with van der Waals surface area (Å²) < 4.78 is 26.6. The predicted octanol–water partition coefficient (Wildman–Crippen LogP) is 2.47. The van der Waals surface area contributed by atoms with Crippen molar-refractivity contribution >= 4 is 11.6 Å². The third-order valence-electron chi connectivity index (χ3n) is 4.39. The van der Waals surface area contributed by atoms with Gasteiger partial charge < -0.3 is 11.1 Å². The first-order valence-electron chi connectivity index (χ1n) is 6.60. The number of carbonyl (C=O) groups is 1. The Hall–Kier alpha value is -1.65. The molecule has 3 N–H and O–H groups in total. The van der Waals surface area contributed by atoms with E-state index in [-0.39, 0.29) is 17.3 Å². The van der Waals surface area contributed by atoms with Gasteiger partial charge in [0.25, 0.3) is 5.91 Å². The van der Waals surface area contributed by atoms with Crippen molar-refractivity contribution in [1.29, 1.82) is 0 Å². The number of nitrogen functional groups attached to an aromatic ring is 1. The van der Waals surface area contributed by atoms with Gasteiger partial charge in [-0.05, 0) is 37.2 Å². The molecule has 1 aromatic rings. The van der Waals surface area contributed by atoms with E-state index < -0.39 is 17.5 Å². The highest BCUT2D eigenvalue weighted by Crippen LogP contribution is 2.44. The Kier molecular flexibility index (Phi) is 2.92. The molecule has 2 bridgehead atoms. The van der Waals surface area contributed by atoms with Crippen LogP contribution in [0, 0.1) is 23.5 Å². The van der Waals surface area contributed by atoms with Crippen LogP contribution in [0.1, 0.15) is 36.0 Å². The van der Waals surface area contributed by atoms with E-state index in [4.69, 9.17) is 5.73 Å². The molecule has 0 heterocycles. The van der Waals surface area contributed by atoms with Gasteiger partial charge in [0.1, 0.15) is 11.6 Å². The average Bonchev–Trinajstić information content (AvgIpc) is 2.95. The van der Waals surface area contributed by atoms with Gasteiger partial charge in [-0.3, -0.25) is 4.79 Å². The number of nitrogens with two attached hydrogens (primary N) is 1. The third-order valence-corrected chi connectivity index (χ3v) is 4.39. The van der Waals surface area contributed by atoms with Gasteiger partial charge in [-0.1, -0.05) is 6.42 Å². The molecule has 0 aliphatic heterocycles. The molecule has 1 amide bonds. The van der Waals surface area contributed by atoms with Crippen molar-refractivity contribution in [3.05, 3.63) is 29.3 Å². The molecule has 0 spiro atoms. The zero-order valence-corrected chi connectivity index (χ0v) is 10.5. The standard InChI is InChI=1S/C14H16F2N2O/c15-10-6-11(16)12(17)5-9(10)14(19)18-13-4-7-1-2-8(13)3-7/h5-8,13H,1-4,17H2,(H,18,19). The highest BCUT2D eigenvalue weighted by Gasteiger charge is 2.40. The number of nitrogens with one attached hydrogen (secondary N) is 1. The van der Waals surface area contributed by atoms with Crippen molar-refractivity contribution in [1.82, 2.24) is 5.32 Å². The maximum atomic E-state index is 13.6. The topological polar surface area (TPSA) is 55.1 Å². The van der Waals surface area contributed by atoms with E-state index in [1.165, 1.54) is 6.42 Å². The molecule has 5 heteroatoms. The zero-order valence-electron chi connectivity index (χ0n) is 10.5. The number of anilines is 1. The second-order valence-corrected chi connectivity index (χ2v) is 5.61. The summed E-state index contributed by atoms with van der Waals surface area (Å²) in [5.74, 6) is -1.00. The van der Waals surface area contributed by atoms with Gasteiger partial charge in [-0.2, -0.15) is 0 Å². The molecule has 3 rings (SSSR count). The van der Waals surface area contributed by atoms with Gasteiger partial charge in [0.15, 0.2) is 0 Å². The van der Waals surface area contributed by atoms with E-state index in [0.29, 0.717) is 17.9 Å². The van der Waals surface area contributed by atoms with Crippen LogP contribution >= 0.6 is 0 Å². The Bertz CT molecular complexity index is 532. The van der Waals surface area contributed by atoms with Crippen molar-refractivity contribution < 1.29 is 13.6 Å². The highest BCUT2D eigenvalue weighted by molar-refractivity contribution is 5.95. The first kappa shape index (κ1) is 12.4. The quantitative estimate of drug-likeness (QED) is 0.808. The van der Waals surface area contributed by atoms with Gasteiger partial charge in [0.2, 0.25) is 0 Å². The van der Waals surface area contributed by atoms with Gasteiger partial charge in [0.05, 0.1) is 11.3 Å². The van der Waals surface area contributed by atoms with Crippen LogP contribution in [-0.2, 0) is 0 Å². The van der Waals surface area contributed by atoms with Crippen molar-refractivity contribution in [2.24, 2.45) is 11.8 Å². The first-order chi connectivity index (χ1) is 9.04. The molecule has 2 aliphatic rings.